The second-order valence-electron chi connectivity index (χ2n) is 4.06. The van der Waals surface area contributed by atoms with Crippen LogP contribution in [0.5, 0.6) is 5.75 Å². The van der Waals surface area contributed by atoms with E-state index in [2.05, 4.69) is 32.9 Å². The average Bonchev–Trinajstić information content (AvgIpc) is 2.51. The van der Waals surface area contributed by atoms with E-state index < -0.39 is 24.4 Å². The first kappa shape index (κ1) is 18.4. The summed E-state index contributed by atoms with van der Waals surface area (Å²) in [6.45, 7) is 3.05. The first-order chi connectivity index (χ1) is 10.9. The molecule has 0 aliphatic carbocycles. The van der Waals surface area contributed by atoms with Crippen molar-refractivity contribution >= 4 is 39.9 Å². The van der Waals surface area contributed by atoms with Gasteiger partial charge in [0.15, 0.2) is 6.61 Å². The minimum absolute atomic E-state index is 0.161. The van der Waals surface area contributed by atoms with Gasteiger partial charge in [0.1, 0.15) is 5.75 Å². The van der Waals surface area contributed by atoms with Crippen molar-refractivity contribution in [3.05, 3.63) is 40.9 Å². The highest BCUT2D eigenvalue weighted by atomic mass is 79.9. The molecule has 2 amide bonds. The topological polar surface area (TPSA) is 117 Å². The molecule has 0 aliphatic heterocycles. The monoisotopic (exact) mass is 383 g/mol. The molecular weight excluding hydrogens is 370 g/mol. The van der Waals surface area contributed by atoms with Gasteiger partial charge in [-0.05, 0) is 18.2 Å². The number of halogens is 1. The number of carboxylic acids is 1. The van der Waals surface area contributed by atoms with Gasteiger partial charge in [-0.2, -0.15) is 5.10 Å². The number of nitrogens with one attached hydrogen (secondary N) is 2. The Hall–Kier alpha value is -2.68. The minimum atomic E-state index is -1.12. The van der Waals surface area contributed by atoms with E-state index in [9.17, 15) is 14.4 Å². The van der Waals surface area contributed by atoms with E-state index in [1.165, 1.54) is 12.3 Å². The van der Waals surface area contributed by atoms with E-state index in [0.29, 0.717) is 10.0 Å². The van der Waals surface area contributed by atoms with Crippen molar-refractivity contribution in [1.29, 1.82) is 0 Å². The Kier molecular flexibility index (Phi) is 7.48. The van der Waals surface area contributed by atoms with Gasteiger partial charge in [0, 0.05) is 16.6 Å². The first-order valence-corrected chi connectivity index (χ1v) is 7.09. The lowest BCUT2D eigenvalue weighted by atomic mass is 10.2. The van der Waals surface area contributed by atoms with Gasteiger partial charge in [0.2, 0.25) is 0 Å². The lowest BCUT2D eigenvalue weighted by Crippen LogP contribution is -2.37. The van der Waals surface area contributed by atoms with Crippen LogP contribution >= 0.6 is 15.9 Å². The molecule has 0 radical (unpaired) electrons. The molecule has 1 rings (SSSR count). The Morgan fingerprint density at radius 1 is 1.35 bits per heavy atom. The quantitative estimate of drug-likeness (QED) is 0.276. The number of carbonyl (C=O) groups is 3. The van der Waals surface area contributed by atoms with Crippen molar-refractivity contribution in [1.82, 2.24) is 10.7 Å². The lowest BCUT2D eigenvalue weighted by Gasteiger charge is -2.07. The van der Waals surface area contributed by atoms with Crippen molar-refractivity contribution in [3.63, 3.8) is 0 Å². The number of carboxylic acid groups (broad SMARTS) is 1. The predicted molar refractivity (Wildman–Crippen MR) is 86.2 cm³/mol. The van der Waals surface area contributed by atoms with Gasteiger partial charge in [0.25, 0.3) is 0 Å². The Morgan fingerprint density at radius 2 is 2.09 bits per heavy atom. The second kappa shape index (κ2) is 9.36. The standard InChI is InChI=1S/C14H14BrN3O5/c1-2-5-16-13(21)14(22)18-17-7-9-6-10(15)3-4-11(9)23-8-12(19)20/h2-4,6-7H,1,5,8H2,(H,16,21)(H,18,22)(H,19,20)/b17-7-. The van der Waals surface area contributed by atoms with Crippen molar-refractivity contribution in [2.24, 2.45) is 5.10 Å². The maximum atomic E-state index is 11.4. The highest BCUT2D eigenvalue weighted by Gasteiger charge is 2.11. The fourth-order valence-corrected chi connectivity index (χ4v) is 1.73. The number of hydrogen-bond acceptors (Lipinski definition) is 5. The number of benzene rings is 1. The molecule has 0 fully saturated rings. The Balaban J connectivity index is 2.72. The minimum Gasteiger partial charge on any atom is -0.481 e. The van der Waals surface area contributed by atoms with Crippen molar-refractivity contribution in [2.75, 3.05) is 13.2 Å². The van der Waals surface area contributed by atoms with Crippen LogP contribution in [0.2, 0.25) is 0 Å². The molecule has 0 heterocycles. The average molecular weight is 384 g/mol. The van der Waals surface area contributed by atoms with E-state index in [-0.39, 0.29) is 12.3 Å². The summed E-state index contributed by atoms with van der Waals surface area (Å²) in [6, 6.07) is 4.83. The summed E-state index contributed by atoms with van der Waals surface area (Å²) in [4.78, 5) is 33.3. The first-order valence-electron chi connectivity index (χ1n) is 6.30. The number of rotatable bonds is 7. The lowest BCUT2D eigenvalue weighted by molar-refractivity contribution is -0.139. The van der Waals surface area contributed by atoms with Gasteiger partial charge < -0.3 is 15.2 Å². The molecule has 0 aliphatic rings. The van der Waals surface area contributed by atoms with Crippen LogP contribution < -0.4 is 15.5 Å². The summed E-state index contributed by atoms with van der Waals surface area (Å²) in [6.07, 6.45) is 2.67. The van der Waals surface area contributed by atoms with E-state index >= 15 is 0 Å². The number of nitrogens with zero attached hydrogens (tertiary/aromatic N) is 1. The number of carbonyl (C=O) groups excluding carboxylic acids is 2. The molecule has 122 valence electrons. The Bertz CT molecular complexity index is 645. The summed E-state index contributed by atoms with van der Waals surface area (Å²) in [5, 5.41) is 14.6. The number of ether oxygens (including phenoxy) is 1. The van der Waals surface area contributed by atoms with Gasteiger partial charge in [-0.25, -0.2) is 10.2 Å². The van der Waals surface area contributed by atoms with Crippen LogP contribution in [0, 0.1) is 0 Å². The molecule has 9 heteroatoms. The number of amides is 2. The predicted octanol–water partition coefficient (Wildman–Crippen LogP) is 0.665. The fraction of sp³-hybridized carbons (Fsp3) is 0.143. The molecule has 0 bridgehead atoms. The van der Waals surface area contributed by atoms with Crippen molar-refractivity contribution in [2.45, 2.75) is 0 Å². The number of aliphatic carboxylic acids is 1. The molecule has 0 spiro atoms. The molecule has 8 nitrogen and oxygen atoms in total. The maximum absolute atomic E-state index is 11.4. The molecule has 1 aromatic rings. The fourth-order valence-electron chi connectivity index (χ4n) is 1.35. The van der Waals surface area contributed by atoms with Gasteiger partial charge in [-0.15, -0.1) is 6.58 Å². The largest absolute Gasteiger partial charge is 0.481 e. The van der Waals surface area contributed by atoms with Crippen LogP contribution in [-0.4, -0.2) is 42.3 Å². The third kappa shape index (κ3) is 6.74. The second-order valence-corrected chi connectivity index (χ2v) is 4.98. The zero-order chi connectivity index (χ0) is 17.2. The zero-order valence-corrected chi connectivity index (χ0v) is 13.5. The van der Waals surface area contributed by atoms with Gasteiger partial charge >= 0.3 is 17.8 Å². The van der Waals surface area contributed by atoms with Crippen LogP contribution in [0.4, 0.5) is 0 Å². The van der Waals surface area contributed by atoms with E-state index in [4.69, 9.17) is 9.84 Å². The van der Waals surface area contributed by atoms with Crippen LogP contribution in [0.3, 0.4) is 0 Å². The molecule has 0 atom stereocenters. The summed E-state index contributed by atoms with van der Waals surface area (Å²) in [7, 11) is 0. The highest BCUT2D eigenvalue weighted by Crippen LogP contribution is 2.21. The summed E-state index contributed by atoms with van der Waals surface area (Å²) in [5.41, 5.74) is 2.47. The number of hydrazone groups is 1. The van der Waals surface area contributed by atoms with E-state index in [0.717, 1.165) is 0 Å². The maximum Gasteiger partial charge on any atom is 0.341 e. The van der Waals surface area contributed by atoms with E-state index in [1.54, 1.807) is 18.2 Å². The Morgan fingerprint density at radius 3 is 2.74 bits per heavy atom. The van der Waals surface area contributed by atoms with Crippen molar-refractivity contribution in [3.8, 4) is 5.75 Å². The third-order valence-corrected chi connectivity index (χ3v) is 2.80. The van der Waals surface area contributed by atoms with Crippen molar-refractivity contribution < 1.29 is 24.2 Å². The molecule has 0 aromatic heterocycles. The molecule has 0 saturated heterocycles. The summed E-state index contributed by atoms with van der Waals surface area (Å²) < 4.78 is 5.80. The molecule has 0 saturated carbocycles. The molecule has 3 N–H and O–H groups in total. The van der Waals surface area contributed by atoms with Crippen LogP contribution in [-0.2, 0) is 14.4 Å². The van der Waals surface area contributed by atoms with Gasteiger partial charge in [-0.3, -0.25) is 9.59 Å². The molecule has 0 unspecified atom stereocenters. The molecular formula is C14H14BrN3O5. The normalized spacial score (nSPS) is 10.1. The summed E-state index contributed by atoms with van der Waals surface area (Å²) in [5.74, 6) is -2.64. The third-order valence-electron chi connectivity index (χ3n) is 2.31. The van der Waals surface area contributed by atoms with Gasteiger partial charge in [0.05, 0.1) is 6.21 Å². The number of hydrogen-bond donors (Lipinski definition) is 3. The smallest absolute Gasteiger partial charge is 0.341 e. The van der Waals surface area contributed by atoms with E-state index in [1.807, 2.05) is 5.43 Å². The molecule has 1 aromatic carbocycles. The van der Waals surface area contributed by atoms with Crippen LogP contribution in [0.25, 0.3) is 0 Å². The van der Waals surface area contributed by atoms with Crippen LogP contribution in [0.1, 0.15) is 5.56 Å². The zero-order valence-electron chi connectivity index (χ0n) is 11.9. The Labute approximate surface area is 140 Å². The summed E-state index contributed by atoms with van der Waals surface area (Å²) >= 11 is 3.25. The highest BCUT2D eigenvalue weighted by molar-refractivity contribution is 9.10. The molecule has 23 heavy (non-hydrogen) atoms. The van der Waals surface area contributed by atoms with Gasteiger partial charge in [-0.1, -0.05) is 22.0 Å². The SMILES string of the molecule is C=CCNC(=O)C(=O)N/N=C\c1cc(Br)ccc1OCC(=O)O. The van der Waals surface area contributed by atoms with Crippen LogP contribution in [0.15, 0.2) is 40.4 Å².